The van der Waals surface area contributed by atoms with Gasteiger partial charge in [-0.2, -0.15) is 0 Å². The zero-order valence-electron chi connectivity index (χ0n) is 11.5. The number of amides is 2. The topological polar surface area (TPSA) is 58.2 Å². The van der Waals surface area contributed by atoms with E-state index < -0.39 is 41.5 Å². The summed E-state index contributed by atoms with van der Waals surface area (Å²) < 4.78 is 40.2. The van der Waals surface area contributed by atoms with Crippen molar-refractivity contribution in [3.63, 3.8) is 0 Å². The van der Waals surface area contributed by atoms with Crippen LogP contribution in [0.2, 0.25) is 0 Å². The molecular weight excluding hydrogens is 424 g/mol. The summed E-state index contributed by atoms with van der Waals surface area (Å²) in [6.07, 6.45) is 0. The summed E-state index contributed by atoms with van der Waals surface area (Å²) >= 11 is 2.08. The number of benzene rings is 2. The number of rotatable bonds is 4. The predicted octanol–water partition coefficient (Wildman–Crippen LogP) is 3.08. The summed E-state index contributed by atoms with van der Waals surface area (Å²) in [6.45, 7) is -0.441. The third-order valence-corrected chi connectivity index (χ3v) is 3.54. The molecule has 4 nitrogen and oxygen atoms in total. The molecule has 0 aromatic heterocycles. The highest BCUT2D eigenvalue weighted by atomic mass is 127. The third-order valence-electron chi connectivity index (χ3n) is 2.83. The van der Waals surface area contributed by atoms with Crippen molar-refractivity contribution in [3.05, 3.63) is 63.0 Å². The van der Waals surface area contributed by atoms with E-state index in [0.29, 0.717) is 11.6 Å². The van der Waals surface area contributed by atoms with Crippen molar-refractivity contribution in [2.45, 2.75) is 0 Å². The normalized spacial score (nSPS) is 10.3. The molecule has 2 rings (SSSR count). The first-order valence-electron chi connectivity index (χ1n) is 6.35. The summed E-state index contributed by atoms with van der Waals surface area (Å²) in [5.74, 6) is -5.78. The molecule has 0 fully saturated rings. The number of carbonyl (C=O) groups excluding carboxylic acids is 2. The lowest BCUT2D eigenvalue weighted by atomic mass is 10.2. The van der Waals surface area contributed by atoms with Gasteiger partial charge in [-0.25, -0.2) is 13.2 Å². The van der Waals surface area contributed by atoms with Crippen LogP contribution in [0.4, 0.5) is 18.9 Å². The van der Waals surface area contributed by atoms with Crippen molar-refractivity contribution >= 4 is 40.1 Å². The minimum absolute atomic E-state index is 0.359. The van der Waals surface area contributed by atoms with Crippen LogP contribution in [0.1, 0.15) is 10.4 Å². The molecule has 0 radical (unpaired) electrons. The second-order valence-corrected chi connectivity index (χ2v) is 5.71. The van der Waals surface area contributed by atoms with E-state index in [4.69, 9.17) is 0 Å². The van der Waals surface area contributed by atoms with Crippen LogP contribution in [-0.4, -0.2) is 18.4 Å². The number of hydrogen-bond acceptors (Lipinski definition) is 2. The lowest BCUT2D eigenvalue weighted by Gasteiger charge is -2.08. The molecular formula is C15H10F3IN2O2. The van der Waals surface area contributed by atoms with Gasteiger partial charge in [-0.1, -0.05) is 0 Å². The molecule has 0 saturated heterocycles. The highest BCUT2D eigenvalue weighted by molar-refractivity contribution is 14.1. The number of hydrogen-bond donors (Lipinski definition) is 2. The van der Waals surface area contributed by atoms with Gasteiger partial charge in [-0.05, 0) is 59.0 Å². The monoisotopic (exact) mass is 434 g/mol. The van der Waals surface area contributed by atoms with Gasteiger partial charge in [0.2, 0.25) is 5.91 Å². The Hall–Kier alpha value is -2.10. The maximum absolute atomic E-state index is 13.4. The van der Waals surface area contributed by atoms with Gasteiger partial charge in [-0.15, -0.1) is 0 Å². The van der Waals surface area contributed by atoms with E-state index in [1.165, 1.54) is 0 Å². The smallest absolute Gasteiger partial charge is 0.251 e. The summed E-state index contributed by atoms with van der Waals surface area (Å²) in [5, 5.41) is 4.40. The Morgan fingerprint density at radius 2 is 1.61 bits per heavy atom. The van der Waals surface area contributed by atoms with Crippen LogP contribution in [0.15, 0.2) is 36.4 Å². The molecule has 8 heteroatoms. The van der Waals surface area contributed by atoms with E-state index in [-0.39, 0.29) is 0 Å². The van der Waals surface area contributed by atoms with E-state index in [2.05, 4.69) is 33.2 Å². The first-order chi connectivity index (χ1) is 10.9. The van der Waals surface area contributed by atoms with Gasteiger partial charge in [0.15, 0.2) is 17.5 Å². The predicted molar refractivity (Wildman–Crippen MR) is 86.4 cm³/mol. The molecule has 120 valence electrons. The molecule has 23 heavy (non-hydrogen) atoms. The summed E-state index contributed by atoms with van der Waals surface area (Å²) in [6, 6.07) is 8.22. The Morgan fingerprint density at radius 3 is 2.26 bits per heavy atom. The van der Waals surface area contributed by atoms with E-state index in [1.54, 1.807) is 24.3 Å². The van der Waals surface area contributed by atoms with E-state index in [1.807, 2.05) is 0 Å². The van der Waals surface area contributed by atoms with Gasteiger partial charge in [-0.3, -0.25) is 9.59 Å². The molecule has 2 N–H and O–H groups in total. The first kappa shape index (κ1) is 17.3. The third kappa shape index (κ3) is 4.44. The molecule has 0 heterocycles. The summed E-state index contributed by atoms with van der Waals surface area (Å²) in [5.41, 5.74) is -0.144. The van der Waals surface area contributed by atoms with Crippen LogP contribution in [0.5, 0.6) is 0 Å². The molecule has 0 aliphatic heterocycles. The molecule has 0 unspecified atom stereocenters. The lowest BCUT2D eigenvalue weighted by Crippen LogP contribution is -2.33. The second-order valence-electron chi connectivity index (χ2n) is 4.46. The standard InChI is InChI=1S/C15H10F3IN2O2/c16-10-5-6-11(14(18)13(10)17)21-12(22)7-20-15(23)8-1-3-9(19)4-2-8/h1-6H,7H2,(H,20,23)(H,21,22). The average molecular weight is 434 g/mol. The van der Waals surface area contributed by atoms with Crippen molar-refractivity contribution in [2.24, 2.45) is 0 Å². The Bertz CT molecular complexity index is 751. The van der Waals surface area contributed by atoms with E-state index in [9.17, 15) is 22.8 Å². The highest BCUT2D eigenvalue weighted by Crippen LogP contribution is 2.19. The van der Waals surface area contributed by atoms with Gasteiger partial charge in [0.25, 0.3) is 5.91 Å². The minimum Gasteiger partial charge on any atom is -0.343 e. The number of nitrogens with one attached hydrogen (secondary N) is 2. The van der Waals surface area contributed by atoms with Crippen LogP contribution < -0.4 is 10.6 Å². The Morgan fingerprint density at radius 1 is 0.957 bits per heavy atom. The Balaban J connectivity index is 1.94. The van der Waals surface area contributed by atoms with Crippen molar-refractivity contribution in [2.75, 3.05) is 11.9 Å². The maximum Gasteiger partial charge on any atom is 0.251 e. The fourth-order valence-electron chi connectivity index (χ4n) is 1.68. The van der Waals surface area contributed by atoms with Crippen molar-refractivity contribution in [3.8, 4) is 0 Å². The highest BCUT2D eigenvalue weighted by Gasteiger charge is 2.15. The zero-order valence-corrected chi connectivity index (χ0v) is 13.7. The van der Waals surface area contributed by atoms with Gasteiger partial charge in [0, 0.05) is 9.13 Å². The van der Waals surface area contributed by atoms with Crippen molar-refractivity contribution in [1.82, 2.24) is 5.32 Å². The van der Waals surface area contributed by atoms with Crippen molar-refractivity contribution in [1.29, 1.82) is 0 Å². The summed E-state index contributed by atoms with van der Waals surface area (Å²) in [4.78, 5) is 23.4. The fourth-order valence-corrected chi connectivity index (χ4v) is 2.04. The van der Waals surface area contributed by atoms with E-state index in [0.717, 1.165) is 9.64 Å². The SMILES string of the molecule is O=C(CNC(=O)c1ccc(I)cc1)Nc1ccc(F)c(F)c1F. The van der Waals surface area contributed by atoms with Crippen LogP contribution >= 0.6 is 22.6 Å². The maximum atomic E-state index is 13.4. The van der Waals surface area contributed by atoms with Crippen LogP contribution in [0.25, 0.3) is 0 Å². The lowest BCUT2D eigenvalue weighted by molar-refractivity contribution is -0.115. The minimum atomic E-state index is -1.68. The largest absolute Gasteiger partial charge is 0.343 e. The first-order valence-corrected chi connectivity index (χ1v) is 7.43. The average Bonchev–Trinajstić information content (AvgIpc) is 2.54. The summed E-state index contributed by atoms with van der Waals surface area (Å²) in [7, 11) is 0. The zero-order chi connectivity index (χ0) is 17.0. The molecule has 0 atom stereocenters. The fraction of sp³-hybridized carbons (Fsp3) is 0.0667. The molecule has 0 aliphatic rings. The van der Waals surface area contributed by atoms with Gasteiger partial charge < -0.3 is 10.6 Å². The van der Waals surface area contributed by atoms with Crippen LogP contribution in [0, 0.1) is 21.0 Å². The van der Waals surface area contributed by atoms with Crippen LogP contribution in [0.3, 0.4) is 0 Å². The number of carbonyl (C=O) groups is 2. The van der Waals surface area contributed by atoms with Gasteiger partial charge in [0.1, 0.15) is 0 Å². The second kappa shape index (κ2) is 7.44. The van der Waals surface area contributed by atoms with E-state index >= 15 is 0 Å². The molecule has 0 aliphatic carbocycles. The number of anilines is 1. The van der Waals surface area contributed by atoms with Gasteiger partial charge >= 0.3 is 0 Å². The van der Waals surface area contributed by atoms with Gasteiger partial charge in [0.05, 0.1) is 12.2 Å². The molecule has 0 bridgehead atoms. The molecule has 0 saturated carbocycles. The molecule has 2 amide bonds. The number of halogens is 4. The van der Waals surface area contributed by atoms with Crippen LogP contribution in [-0.2, 0) is 4.79 Å². The quantitative estimate of drug-likeness (QED) is 0.575. The Labute approximate surface area is 143 Å². The molecule has 2 aromatic rings. The Kier molecular flexibility index (Phi) is 5.59. The molecule has 0 spiro atoms. The van der Waals surface area contributed by atoms with Crippen molar-refractivity contribution < 1.29 is 22.8 Å². The molecule has 2 aromatic carbocycles.